The lowest BCUT2D eigenvalue weighted by Crippen LogP contribution is -1.97. The molecule has 0 saturated carbocycles. The van der Waals surface area contributed by atoms with E-state index in [1.807, 2.05) is 31.3 Å². The number of nitrogens with two attached hydrogens (primary N) is 1. The zero-order chi connectivity index (χ0) is 15.1. The van der Waals surface area contributed by atoms with Gasteiger partial charge in [0.25, 0.3) is 0 Å². The smallest absolute Gasteiger partial charge is 0.141 e. The van der Waals surface area contributed by atoms with Crippen LogP contribution >= 0.6 is 0 Å². The van der Waals surface area contributed by atoms with E-state index in [0.717, 1.165) is 22.4 Å². The van der Waals surface area contributed by atoms with Gasteiger partial charge >= 0.3 is 0 Å². The van der Waals surface area contributed by atoms with E-state index in [0.29, 0.717) is 5.69 Å². The van der Waals surface area contributed by atoms with Gasteiger partial charge in [0.1, 0.15) is 12.1 Å². The molecule has 0 saturated heterocycles. The van der Waals surface area contributed by atoms with Gasteiger partial charge in [0.05, 0.1) is 5.52 Å². The van der Waals surface area contributed by atoms with Crippen molar-refractivity contribution in [2.24, 2.45) is 7.05 Å². The highest BCUT2D eigenvalue weighted by Gasteiger charge is 2.06. The number of aryl methyl sites for hydroxylation is 1. The Hall–Kier alpha value is -3.08. The van der Waals surface area contributed by atoms with Crippen LogP contribution in [-0.2, 0) is 7.05 Å². The molecule has 0 aliphatic rings. The van der Waals surface area contributed by atoms with Crippen LogP contribution in [-0.4, -0.2) is 14.5 Å². The van der Waals surface area contributed by atoms with Crippen LogP contribution in [0.2, 0.25) is 0 Å². The fourth-order valence-electron chi connectivity index (χ4n) is 2.67. The molecule has 0 bridgehead atoms. The van der Waals surface area contributed by atoms with Gasteiger partial charge in [0.15, 0.2) is 0 Å². The molecule has 0 atom stereocenters. The summed E-state index contributed by atoms with van der Waals surface area (Å²) in [5.41, 5.74) is 9.63. The molecule has 2 heterocycles. The summed E-state index contributed by atoms with van der Waals surface area (Å²) in [6.07, 6.45) is 3.61. The van der Waals surface area contributed by atoms with Gasteiger partial charge in [-0.1, -0.05) is 0 Å². The van der Waals surface area contributed by atoms with E-state index in [-0.39, 0.29) is 0 Å². The van der Waals surface area contributed by atoms with E-state index in [1.54, 1.807) is 6.33 Å². The Kier molecular flexibility index (Phi) is 2.72. The van der Waals surface area contributed by atoms with Gasteiger partial charge in [-0.05, 0) is 42.5 Å². The number of nitrogens with one attached hydrogen (secondary N) is 1. The minimum absolute atomic E-state index is 0.698. The summed E-state index contributed by atoms with van der Waals surface area (Å²) in [7, 11) is 2.04. The van der Waals surface area contributed by atoms with Gasteiger partial charge in [-0.15, -0.1) is 0 Å². The summed E-state index contributed by atoms with van der Waals surface area (Å²) in [6, 6.07) is 14.0. The van der Waals surface area contributed by atoms with Crippen LogP contribution < -0.4 is 11.1 Å². The lowest BCUT2D eigenvalue weighted by molar-refractivity contribution is 0.969. The van der Waals surface area contributed by atoms with Crippen molar-refractivity contribution in [2.45, 2.75) is 0 Å². The largest absolute Gasteiger partial charge is 0.399 e. The highest BCUT2D eigenvalue weighted by Crippen LogP contribution is 2.26. The summed E-state index contributed by atoms with van der Waals surface area (Å²) in [6.45, 7) is 0. The number of hydrogen-bond acceptors (Lipinski definition) is 4. The first-order valence-electron chi connectivity index (χ1n) is 7.03. The molecule has 0 unspecified atom stereocenters. The van der Waals surface area contributed by atoms with Crippen LogP contribution in [0.25, 0.3) is 21.8 Å². The first-order chi connectivity index (χ1) is 10.7. The van der Waals surface area contributed by atoms with Crippen molar-refractivity contribution in [3.63, 3.8) is 0 Å². The molecule has 2 aromatic heterocycles. The number of aromatic nitrogens is 3. The monoisotopic (exact) mass is 289 g/mol. The van der Waals surface area contributed by atoms with Gasteiger partial charge in [-0.25, -0.2) is 9.97 Å². The van der Waals surface area contributed by atoms with Crippen molar-refractivity contribution in [3.05, 3.63) is 55.0 Å². The number of benzene rings is 2. The Balaban J connectivity index is 1.80. The fraction of sp³-hybridized carbons (Fsp3) is 0.0588. The molecule has 4 aromatic rings. The summed E-state index contributed by atoms with van der Waals surface area (Å²) in [5.74, 6) is 0.757. The van der Waals surface area contributed by atoms with Crippen LogP contribution in [0.3, 0.4) is 0 Å². The highest BCUT2D eigenvalue weighted by atomic mass is 15.0. The van der Waals surface area contributed by atoms with Crippen molar-refractivity contribution in [2.75, 3.05) is 11.1 Å². The van der Waals surface area contributed by atoms with E-state index < -0.39 is 0 Å². The van der Waals surface area contributed by atoms with Crippen LogP contribution in [0.1, 0.15) is 0 Å². The predicted octanol–water partition coefficient (Wildman–Crippen LogP) is 3.45. The number of nitrogens with zero attached hydrogens (tertiary/aromatic N) is 3. The number of nitrogen functional groups attached to an aromatic ring is 1. The average Bonchev–Trinajstić information content (AvgIpc) is 2.89. The second-order valence-electron chi connectivity index (χ2n) is 5.32. The maximum atomic E-state index is 5.88. The van der Waals surface area contributed by atoms with E-state index in [1.165, 1.54) is 10.9 Å². The second kappa shape index (κ2) is 4.73. The van der Waals surface area contributed by atoms with Crippen molar-refractivity contribution in [3.8, 4) is 0 Å². The molecule has 2 aromatic carbocycles. The predicted molar refractivity (Wildman–Crippen MR) is 90.2 cm³/mol. The summed E-state index contributed by atoms with van der Waals surface area (Å²) in [5, 5.41) is 5.46. The molecule has 108 valence electrons. The minimum Gasteiger partial charge on any atom is -0.399 e. The molecular formula is C17H15N5. The Morgan fingerprint density at radius 1 is 1.05 bits per heavy atom. The topological polar surface area (TPSA) is 68.8 Å². The van der Waals surface area contributed by atoms with E-state index >= 15 is 0 Å². The minimum atomic E-state index is 0.698. The lowest BCUT2D eigenvalue weighted by Gasteiger charge is -2.09. The maximum Gasteiger partial charge on any atom is 0.141 e. The standard InChI is InChI=1S/C17H15N5/c1-22-7-6-11-8-13(3-5-16(11)22)21-17-14-9-12(18)2-4-15(14)19-10-20-17/h2-10H,18H2,1H3,(H,19,20,21). The number of anilines is 3. The van der Waals surface area contributed by atoms with Gasteiger partial charge in [0.2, 0.25) is 0 Å². The molecule has 5 heteroatoms. The van der Waals surface area contributed by atoms with Crippen molar-refractivity contribution in [1.82, 2.24) is 14.5 Å². The number of hydrogen-bond donors (Lipinski definition) is 2. The molecule has 0 radical (unpaired) electrons. The molecule has 5 nitrogen and oxygen atoms in total. The average molecular weight is 289 g/mol. The van der Waals surface area contributed by atoms with Crippen LogP contribution in [0.5, 0.6) is 0 Å². The molecule has 0 spiro atoms. The number of rotatable bonds is 2. The van der Waals surface area contributed by atoms with Gasteiger partial charge in [-0.3, -0.25) is 0 Å². The van der Waals surface area contributed by atoms with Crippen LogP contribution in [0.15, 0.2) is 55.0 Å². The Morgan fingerprint density at radius 3 is 2.86 bits per heavy atom. The van der Waals surface area contributed by atoms with Crippen molar-refractivity contribution >= 4 is 39.0 Å². The van der Waals surface area contributed by atoms with Crippen LogP contribution in [0.4, 0.5) is 17.2 Å². The van der Waals surface area contributed by atoms with Crippen molar-refractivity contribution in [1.29, 1.82) is 0 Å². The number of fused-ring (bicyclic) bond motifs is 2. The molecule has 0 fully saturated rings. The Morgan fingerprint density at radius 2 is 1.95 bits per heavy atom. The SMILES string of the molecule is Cn1ccc2cc(Nc3ncnc4ccc(N)cc34)ccc21. The lowest BCUT2D eigenvalue weighted by atomic mass is 10.2. The van der Waals surface area contributed by atoms with Gasteiger partial charge in [-0.2, -0.15) is 0 Å². The normalized spacial score (nSPS) is 11.1. The Labute approximate surface area is 127 Å². The molecule has 3 N–H and O–H groups in total. The quantitative estimate of drug-likeness (QED) is 0.555. The molecule has 0 aliphatic carbocycles. The van der Waals surface area contributed by atoms with Crippen LogP contribution in [0, 0.1) is 0 Å². The maximum absolute atomic E-state index is 5.88. The first-order valence-corrected chi connectivity index (χ1v) is 7.03. The zero-order valence-corrected chi connectivity index (χ0v) is 12.1. The summed E-state index contributed by atoms with van der Waals surface area (Å²) < 4.78 is 2.10. The third-order valence-electron chi connectivity index (χ3n) is 3.81. The van der Waals surface area contributed by atoms with Crippen molar-refractivity contribution < 1.29 is 0 Å². The second-order valence-corrected chi connectivity index (χ2v) is 5.32. The third-order valence-corrected chi connectivity index (χ3v) is 3.81. The fourth-order valence-corrected chi connectivity index (χ4v) is 2.67. The molecule has 0 amide bonds. The first kappa shape index (κ1) is 12.6. The molecular weight excluding hydrogens is 274 g/mol. The van der Waals surface area contributed by atoms with Gasteiger partial charge < -0.3 is 15.6 Å². The highest BCUT2D eigenvalue weighted by molar-refractivity contribution is 5.93. The Bertz CT molecular complexity index is 987. The summed E-state index contributed by atoms with van der Waals surface area (Å²) in [4.78, 5) is 8.61. The molecule has 0 aliphatic heterocycles. The molecule has 4 rings (SSSR count). The van der Waals surface area contributed by atoms with E-state index in [4.69, 9.17) is 5.73 Å². The molecule has 22 heavy (non-hydrogen) atoms. The summed E-state index contributed by atoms with van der Waals surface area (Å²) >= 11 is 0. The van der Waals surface area contributed by atoms with E-state index in [9.17, 15) is 0 Å². The van der Waals surface area contributed by atoms with E-state index in [2.05, 4.69) is 44.2 Å². The third kappa shape index (κ3) is 2.03. The zero-order valence-electron chi connectivity index (χ0n) is 12.1. The van der Waals surface area contributed by atoms with Gasteiger partial charge in [0, 0.05) is 40.9 Å².